The third-order valence-corrected chi connectivity index (χ3v) is 4.00. The van der Waals surface area contributed by atoms with Crippen LogP contribution >= 0.6 is 11.3 Å². The molecule has 1 aromatic heterocycles. The van der Waals surface area contributed by atoms with E-state index in [4.69, 9.17) is 5.11 Å². The molecule has 0 radical (unpaired) electrons. The Balaban J connectivity index is 2.42. The summed E-state index contributed by atoms with van der Waals surface area (Å²) in [4.78, 5) is 12.2. The summed E-state index contributed by atoms with van der Waals surface area (Å²) in [6.07, 6.45) is 0. The molecule has 0 saturated carbocycles. The maximum absolute atomic E-state index is 11.0. The van der Waals surface area contributed by atoms with Crippen LogP contribution in [0.2, 0.25) is 0 Å². The van der Waals surface area contributed by atoms with Gasteiger partial charge in [0, 0.05) is 4.88 Å². The molecule has 0 amide bonds. The third-order valence-electron chi connectivity index (χ3n) is 2.92. The standard InChI is InChI=1S/C14H15NO2S/c1-9-6-7-18-13(9)12(15-2)10-4-3-5-11(8-10)14(16)17/h3-8,12,15H,1-2H3,(H,16,17). The smallest absolute Gasteiger partial charge is 0.335 e. The minimum Gasteiger partial charge on any atom is -0.478 e. The summed E-state index contributed by atoms with van der Waals surface area (Å²) in [5, 5.41) is 14.3. The first-order valence-electron chi connectivity index (χ1n) is 5.68. The Kier molecular flexibility index (Phi) is 3.79. The largest absolute Gasteiger partial charge is 0.478 e. The van der Waals surface area contributed by atoms with Gasteiger partial charge in [0.15, 0.2) is 0 Å². The van der Waals surface area contributed by atoms with E-state index < -0.39 is 5.97 Å². The average molecular weight is 261 g/mol. The van der Waals surface area contributed by atoms with Crippen LogP contribution in [0.5, 0.6) is 0 Å². The highest BCUT2D eigenvalue weighted by Gasteiger charge is 2.16. The highest BCUT2D eigenvalue weighted by atomic mass is 32.1. The molecule has 4 heteroatoms. The average Bonchev–Trinajstić information content (AvgIpc) is 2.77. The summed E-state index contributed by atoms with van der Waals surface area (Å²) in [5.74, 6) is -0.894. The first-order valence-corrected chi connectivity index (χ1v) is 6.56. The summed E-state index contributed by atoms with van der Waals surface area (Å²) in [6.45, 7) is 2.07. The number of carbonyl (C=O) groups is 1. The van der Waals surface area contributed by atoms with E-state index in [1.54, 1.807) is 29.5 Å². The second kappa shape index (κ2) is 5.33. The van der Waals surface area contributed by atoms with Crippen molar-refractivity contribution < 1.29 is 9.90 Å². The molecule has 0 aliphatic carbocycles. The number of carboxylic acid groups (broad SMARTS) is 1. The molecule has 2 N–H and O–H groups in total. The van der Waals surface area contributed by atoms with Crippen LogP contribution in [0, 0.1) is 6.92 Å². The Bertz CT molecular complexity index is 562. The molecule has 1 aromatic carbocycles. The van der Waals surface area contributed by atoms with Crippen LogP contribution in [0.25, 0.3) is 0 Å². The zero-order chi connectivity index (χ0) is 13.1. The lowest BCUT2D eigenvalue weighted by molar-refractivity contribution is 0.0696. The van der Waals surface area contributed by atoms with Gasteiger partial charge in [-0.15, -0.1) is 11.3 Å². The second-order valence-corrected chi connectivity index (χ2v) is 5.07. The lowest BCUT2D eigenvalue weighted by Crippen LogP contribution is -2.17. The molecule has 1 unspecified atom stereocenters. The molecule has 18 heavy (non-hydrogen) atoms. The van der Waals surface area contributed by atoms with Crippen LogP contribution < -0.4 is 5.32 Å². The zero-order valence-corrected chi connectivity index (χ0v) is 11.1. The molecule has 0 aliphatic rings. The topological polar surface area (TPSA) is 49.3 Å². The highest BCUT2D eigenvalue weighted by Crippen LogP contribution is 2.29. The summed E-state index contributed by atoms with van der Waals surface area (Å²) in [5.41, 5.74) is 2.52. The van der Waals surface area contributed by atoms with Gasteiger partial charge in [-0.05, 0) is 48.7 Å². The van der Waals surface area contributed by atoms with E-state index in [9.17, 15) is 4.79 Å². The predicted molar refractivity (Wildman–Crippen MR) is 73.4 cm³/mol. The molecule has 0 saturated heterocycles. The fraction of sp³-hybridized carbons (Fsp3) is 0.214. The zero-order valence-electron chi connectivity index (χ0n) is 10.3. The molecule has 0 fully saturated rings. The van der Waals surface area contributed by atoms with E-state index in [1.165, 1.54) is 10.4 Å². The van der Waals surface area contributed by atoms with Crippen molar-refractivity contribution in [1.29, 1.82) is 0 Å². The van der Waals surface area contributed by atoms with Crippen molar-refractivity contribution in [3.8, 4) is 0 Å². The van der Waals surface area contributed by atoms with Gasteiger partial charge in [0.25, 0.3) is 0 Å². The Morgan fingerprint density at radius 3 is 2.72 bits per heavy atom. The molecule has 1 heterocycles. The number of aryl methyl sites for hydroxylation is 1. The van der Waals surface area contributed by atoms with Crippen LogP contribution in [0.1, 0.15) is 32.4 Å². The van der Waals surface area contributed by atoms with Gasteiger partial charge in [-0.25, -0.2) is 4.79 Å². The summed E-state index contributed by atoms with van der Waals surface area (Å²) in [7, 11) is 1.89. The molecule has 94 valence electrons. The van der Waals surface area contributed by atoms with Crippen molar-refractivity contribution in [2.45, 2.75) is 13.0 Å². The number of carboxylic acids is 1. The molecule has 0 bridgehead atoms. The van der Waals surface area contributed by atoms with Crippen molar-refractivity contribution in [1.82, 2.24) is 5.32 Å². The van der Waals surface area contributed by atoms with Gasteiger partial charge in [0.2, 0.25) is 0 Å². The third kappa shape index (κ3) is 2.44. The fourth-order valence-electron chi connectivity index (χ4n) is 1.98. The quantitative estimate of drug-likeness (QED) is 0.889. The molecular weight excluding hydrogens is 246 g/mol. The first-order chi connectivity index (χ1) is 8.63. The van der Waals surface area contributed by atoms with Crippen LogP contribution in [-0.2, 0) is 0 Å². The van der Waals surface area contributed by atoms with Gasteiger partial charge in [-0.3, -0.25) is 0 Å². The fourth-order valence-corrected chi connectivity index (χ4v) is 3.04. The van der Waals surface area contributed by atoms with Gasteiger partial charge in [-0.2, -0.15) is 0 Å². The number of aromatic carboxylic acids is 1. The monoisotopic (exact) mass is 261 g/mol. The van der Waals surface area contributed by atoms with Crippen LogP contribution in [0.15, 0.2) is 35.7 Å². The maximum Gasteiger partial charge on any atom is 0.335 e. The SMILES string of the molecule is CNC(c1cccc(C(=O)O)c1)c1sccc1C. The molecule has 1 atom stereocenters. The van der Waals surface area contributed by atoms with Gasteiger partial charge in [0.1, 0.15) is 0 Å². The summed E-state index contributed by atoms with van der Waals surface area (Å²) in [6, 6.07) is 9.19. The molecule has 0 spiro atoms. The Labute approximate surface area is 110 Å². The molecule has 3 nitrogen and oxygen atoms in total. The van der Waals surface area contributed by atoms with Gasteiger partial charge in [-0.1, -0.05) is 12.1 Å². The molecular formula is C14H15NO2S. The predicted octanol–water partition coefficient (Wildman–Crippen LogP) is 3.06. The summed E-state index contributed by atoms with van der Waals surface area (Å²) >= 11 is 1.68. The second-order valence-electron chi connectivity index (χ2n) is 4.12. The number of hydrogen-bond donors (Lipinski definition) is 2. The minimum atomic E-state index is -0.894. The number of nitrogens with one attached hydrogen (secondary N) is 1. The van der Waals surface area contributed by atoms with Crippen LogP contribution in [0.3, 0.4) is 0 Å². The first kappa shape index (κ1) is 12.8. The Hall–Kier alpha value is -1.65. The summed E-state index contributed by atoms with van der Waals surface area (Å²) < 4.78 is 0. The minimum absolute atomic E-state index is 0.0456. The highest BCUT2D eigenvalue weighted by molar-refractivity contribution is 7.10. The van der Waals surface area contributed by atoms with E-state index in [2.05, 4.69) is 23.7 Å². The Morgan fingerprint density at radius 2 is 2.17 bits per heavy atom. The van der Waals surface area contributed by atoms with Gasteiger partial charge >= 0.3 is 5.97 Å². The van der Waals surface area contributed by atoms with E-state index in [1.807, 2.05) is 13.1 Å². The van der Waals surface area contributed by atoms with Crippen LogP contribution in [-0.4, -0.2) is 18.1 Å². The van der Waals surface area contributed by atoms with E-state index >= 15 is 0 Å². The number of benzene rings is 1. The van der Waals surface area contributed by atoms with Crippen molar-refractivity contribution >= 4 is 17.3 Å². The van der Waals surface area contributed by atoms with Gasteiger partial charge in [0.05, 0.1) is 11.6 Å². The lowest BCUT2D eigenvalue weighted by atomic mass is 10.0. The van der Waals surface area contributed by atoms with Crippen molar-refractivity contribution in [3.05, 3.63) is 57.3 Å². The van der Waals surface area contributed by atoms with Gasteiger partial charge < -0.3 is 10.4 Å². The van der Waals surface area contributed by atoms with Crippen LogP contribution in [0.4, 0.5) is 0 Å². The normalized spacial score (nSPS) is 12.3. The van der Waals surface area contributed by atoms with Crippen molar-refractivity contribution in [2.24, 2.45) is 0 Å². The van der Waals surface area contributed by atoms with E-state index in [0.717, 1.165) is 5.56 Å². The van der Waals surface area contributed by atoms with Crippen molar-refractivity contribution in [2.75, 3.05) is 7.05 Å². The molecule has 2 rings (SSSR count). The molecule has 0 aliphatic heterocycles. The lowest BCUT2D eigenvalue weighted by Gasteiger charge is -2.16. The number of hydrogen-bond acceptors (Lipinski definition) is 3. The number of rotatable bonds is 4. The van der Waals surface area contributed by atoms with E-state index in [-0.39, 0.29) is 6.04 Å². The van der Waals surface area contributed by atoms with E-state index in [0.29, 0.717) is 5.56 Å². The Morgan fingerprint density at radius 1 is 1.39 bits per heavy atom. The molecule has 2 aromatic rings. The number of thiophene rings is 1. The maximum atomic E-state index is 11.0. The van der Waals surface area contributed by atoms with Crippen molar-refractivity contribution in [3.63, 3.8) is 0 Å².